The summed E-state index contributed by atoms with van der Waals surface area (Å²) in [5.74, 6) is -2.74. The number of anilines is 1. The van der Waals surface area contributed by atoms with Crippen LogP contribution in [-0.2, 0) is 20.9 Å². The van der Waals surface area contributed by atoms with Crippen molar-refractivity contribution in [3.05, 3.63) is 46.1 Å². The molecule has 1 aromatic heterocycles. The average molecular weight is 410 g/mol. The van der Waals surface area contributed by atoms with Gasteiger partial charge in [-0.1, -0.05) is 12.1 Å². The molecule has 1 aromatic carbocycles. The Bertz CT molecular complexity index is 883. The largest absolute Gasteiger partial charge is 0.479 e. The molecule has 0 aliphatic rings. The zero-order valence-corrected chi connectivity index (χ0v) is 16.1. The quantitative estimate of drug-likeness (QED) is 0.640. The molecule has 2 rings (SSSR count). The highest BCUT2D eigenvalue weighted by Crippen LogP contribution is 2.32. The van der Waals surface area contributed by atoms with Crippen LogP contribution in [0.5, 0.6) is 5.75 Å². The maximum atomic E-state index is 13.5. The van der Waals surface area contributed by atoms with E-state index in [1.165, 1.54) is 25.2 Å². The van der Waals surface area contributed by atoms with Gasteiger partial charge in [-0.25, -0.2) is 14.0 Å². The van der Waals surface area contributed by atoms with Gasteiger partial charge in [-0.3, -0.25) is 4.79 Å². The molecular weight excluding hydrogens is 391 g/mol. The Labute approximate surface area is 164 Å². The summed E-state index contributed by atoms with van der Waals surface area (Å²) in [7, 11) is 1.42. The fourth-order valence-corrected chi connectivity index (χ4v) is 3.25. The van der Waals surface area contributed by atoms with Gasteiger partial charge in [-0.05, 0) is 19.1 Å². The van der Waals surface area contributed by atoms with E-state index in [0.717, 1.165) is 11.3 Å². The number of halogens is 1. The number of hydrogen-bond acceptors (Lipinski definition) is 8. The second-order valence-corrected chi connectivity index (χ2v) is 6.38. The highest BCUT2D eigenvalue weighted by atomic mass is 32.1. The Morgan fingerprint density at radius 1 is 1.21 bits per heavy atom. The molecule has 0 aliphatic carbocycles. The van der Waals surface area contributed by atoms with Crippen molar-refractivity contribution in [2.45, 2.75) is 13.5 Å². The number of hydrogen-bond donors (Lipinski definition) is 2. The van der Waals surface area contributed by atoms with E-state index in [1.807, 2.05) is 0 Å². The van der Waals surface area contributed by atoms with E-state index in [1.54, 1.807) is 13.0 Å². The Morgan fingerprint density at radius 2 is 1.93 bits per heavy atom. The predicted molar refractivity (Wildman–Crippen MR) is 99.8 cm³/mol. The Morgan fingerprint density at radius 3 is 2.57 bits per heavy atom. The molecule has 0 atom stereocenters. The van der Waals surface area contributed by atoms with Gasteiger partial charge in [0.1, 0.15) is 22.0 Å². The summed E-state index contributed by atoms with van der Waals surface area (Å²) in [5.41, 5.74) is 5.97. The van der Waals surface area contributed by atoms with Gasteiger partial charge in [-0.15, -0.1) is 11.3 Å². The van der Waals surface area contributed by atoms with Crippen molar-refractivity contribution in [2.24, 2.45) is 0 Å². The van der Waals surface area contributed by atoms with E-state index in [-0.39, 0.29) is 33.4 Å². The van der Waals surface area contributed by atoms with Crippen LogP contribution < -0.4 is 15.8 Å². The molecule has 10 heteroatoms. The molecular formula is C18H19FN2O6S. The normalized spacial score (nSPS) is 10.2. The molecule has 1 amide bonds. The summed E-state index contributed by atoms with van der Waals surface area (Å²) in [6.07, 6.45) is 0. The molecule has 8 nitrogen and oxygen atoms in total. The van der Waals surface area contributed by atoms with E-state index in [0.29, 0.717) is 0 Å². The minimum atomic E-state index is -0.814. The van der Waals surface area contributed by atoms with Gasteiger partial charge in [0.05, 0.1) is 6.61 Å². The van der Waals surface area contributed by atoms with Crippen LogP contribution in [0.4, 0.5) is 9.39 Å². The molecule has 28 heavy (non-hydrogen) atoms. The number of ether oxygens (including phenoxy) is 3. The molecule has 0 aliphatic heterocycles. The van der Waals surface area contributed by atoms with Gasteiger partial charge in [0, 0.05) is 12.6 Å². The monoisotopic (exact) mass is 410 g/mol. The first kappa shape index (κ1) is 21.2. The Balaban J connectivity index is 2.13. The van der Waals surface area contributed by atoms with Crippen molar-refractivity contribution in [3.63, 3.8) is 0 Å². The lowest BCUT2D eigenvalue weighted by molar-refractivity contribution is -0.147. The zero-order chi connectivity index (χ0) is 20.7. The summed E-state index contributed by atoms with van der Waals surface area (Å²) in [6, 6.07) is 5.60. The lowest BCUT2D eigenvalue weighted by atomic mass is 10.1. The van der Waals surface area contributed by atoms with Gasteiger partial charge in [-0.2, -0.15) is 0 Å². The molecule has 0 saturated heterocycles. The molecule has 3 N–H and O–H groups in total. The smallest absolute Gasteiger partial charge is 0.344 e. The number of nitrogens with one attached hydrogen (secondary N) is 1. The van der Waals surface area contributed by atoms with E-state index >= 15 is 0 Å². The third kappa shape index (κ3) is 4.97. The lowest BCUT2D eigenvalue weighted by Gasteiger charge is -2.10. The van der Waals surface area contributed by atoms with Crippen LogP contribution in [-0.4, -0.2) is 38.1 Å². The molecule has 0 radical (unpaired) electrons. The summed E-state index contributed by atoms with van der Waals surface area (Å²) < 4.78 is 28.6. The van der Waals surface area contributed by atoms with Gasteiger partial charge < -0.3 is 25.3 Å². The van der Waals surface area contributed by atoms with Gasteiger partial charge in [0.2, 0.25) is 0 Å². The van der Waals surface area contributed by atoms with Gasteiger partial charge >= 0.3 is 11.9 Å². The van der Waals surface area contributed by atoms with Crippen molar-refractivity contribution in [2.75, 3.05) is 26.0 Å². The zero-order valence-electron chi connectivity index (χ0n) is 15.2. The van der Waals surface area contributed by atoms with Crippen LogP contribution in [0, 0.1) is 5.82 Å². The van der Waals surface area contributed by atoms with Gasteiger partial charge in [0.25, 0.3) is 5.91 Å². The average Bonchev–Trinajstić information content (AvgIpc) is 3.01. The molecule has 0 saturated carbocycles. The summed E-state index contributed by atoms with van der Waals surface area (Å²) in [5, 5.41) is 2.51. The maximum absolute atomic E-state index is 13.5. The first-order chi connectivity index (χ1) is 13.4. The number of para-hydroxylation sites is 1. The minimum absolute atomic E-state index is 0.0201. The number of carbonyl (C=O) groups excluding carboxylic acids is 3. The van der Waals surface area contributed by atoms with Crippen molar-refractivity contribution < 1.29 is 33.0 Å². The highest BCUT2D eigenvalue weighted by molar-refractivity contribution is 7.18. The SMILES string of the molecule is CCOC(=O)c1c(N)sc(C(=O)NC)c1COC(=O)COc1ccccc1F. The minimum Gasteiger partial charge on any atom is -0.479 e. The van der Waals surface area contributed by atoms with Crippen LogP contribution >= 0.6 is 11.3 Å². The molecule has 2 aromatic rings. The number of amides is 1. The number of rotatable bonds is 8. The molecule has 150 valence electrons. The van der Waals surface area contributed by atoms with Crippen molar-refractivity contribution in [3.8, 4) is 5.75 Å². The van der Waals surface area contributed by atoms with Crippen LogP contribution in [0.15, 0.2) is 24.3 Å². The van der Waals surface area contributed by atoms with Crippen LogP contribution in [0.1, 0.15) is 32.5 Å². The van der Waals surface area contributed by atoms with Crippen LogP contribution in [0.2, 0.25) is 0 Å². The first-order valence-electron chi connectivity index (χ1n) is 8.22. The fourth-order valence-electron chi connectivity index (χ4n) is 2.24. The fraction of sp³-hybridized carbons (Fsp3) is 0.278. The standard InChI is InChI=1S/C18H19FN2O6S/c1-3-25-18(24)14-10(15(17(23)21-2)28-16(14)20)8-27-13(22)9-26-12-7-5-4-6-11(12)19/h4-7H,3,8-9,20H2,1-2H3,(H,21,23). The highest BCUT2D eigenvalue weighted by Gasteiger charge is 2.27. The van der Waals surface area contributed by atoms with Crippen molar-refractivity contribution in [1.29, 1.82) is 0 Å². The number of thiophene rings is 1. The number of benzene rings is 1. The third-order valence-electron chi connectivity index (χ3n) is 3.51. The topological polar surface area (TPSA) is 117 Å². The second-order valence-electron chi connectivity index (χ2n) is 5.33. The van der Waals surface area contributed by atoms with Crippen LogP contribution in [0.25, 0.3) is 0 Å². The van der Waals surface area contributed by atoms with E-state index in [2.05, 4.69) is 5.32 Å². The predicted octanol–water partition coefficient (Wildman–Crippen LogP) is 2.13. The Kier molecular flexibility index (Phi) is 7.33. The number of nitrogens with two attached hydrogens (primary N) is 1. The van der Waals surface area contributed by atoms with E-state index in [9.17, 15) is 18.8 Å². The lowest BCUT2D eigenvalue weighted by Crippen LogP contribution is -2.21. The second kappa shape index (κ2) is 9.70. The van der Waals surface area contributed by atoms with Crippen LogP contribution in [0.3, 0.4) is 0 Å². The molecule has 0 unspecified atom stereocenters. The maximum Gasteiger partial charge on any atom is 0.344 e. The molecule has 1 heterocycles. The van der Waals surface area contributed by atoms with E-state index in [4.69, 9.17) is 19.9 Å². The summed E-state index contributed by atoms with van der Waals surface area (Å²) in [4.78, 5) is 36.3. The van der Waals surface area contributed by atoms with Crippen molar-refractivity contribution in [1.82, 2.24) is 5.32 Å². The number of carbonyl (C=O) groups is 3. The van der Waals surface area contributed by atoms with E-state index < -0.39 is 36.9 Å². The van der Waals surface area contributed by atoms with Crippen molar-refractivity contribution >= 4 is 34.2 Å². The van der Waals surface area contributed by atoms with Gasteiger partial charge in [0.15, 0.2) is 18.2 Å². The number of nitrogen functional groups attached to an aromatic ring is 1. The third-order valence-corrected chi connectivity index (χ3v) is 4.57. The molecule has 0 bridgehead atoms. The molecule has 0 fully saturated rings. The summed E-state index contributed by atoms with van der Waals surface area (Å²) >= 11 is 0.884. The summed E-state index contributed by atoms with van der Waals surface area (Å²) in [6.45, 7) is 0.785. The number of esters is 2. The Hall–Kier alpha value is -3.14. The first-order valence-corrected chi connectivity index (χ1v) is 9.03. The molecule has 0 spiro atoms.